The van der Waals surface area contributed by atoms with Crippen LogP contribution in [0.5, 0.6) is 0 Å². The fraction of sp³-hybridized carbons (Fsp3) is 0.481. The van der Waals surface area contributed by atoms with E-state index in [0.29, 0.717) is 24.8 Å². The molecular formula is C27H36N6O5S. The van der Waals surface area contributed by atoms with Crippen molar-refractivity contribution >= 4 is 39.2 Å². The number of sulfonamides is 1. The Bertz CT molecular complexity index is 1390. The molecule has 210 valence electrons. The van der Waals surface area contributed by atoms with Crippen LogP contribution in [0.1, 0.15) is 63.5 Å². The number of carbonyl (C=O) groups is 2. The number of nitrogens with one attached hydrogen (secondary N) is 3. The van der Waals surface area contributed by atoms with Crippen molar-refractivity contribution in [3.05, 3.63) is 47.7 Å². The van der Waals surface area contributed by atoms with Gasteiger partial charge in [-0.25, -0.2) is 19.5 Å². The van der Waals surface area contributed by atoms with E-state index in [2.05, 4.69) is 52.1 Å². The topological polar surface area (TPSA) is 143 Å². The average Bonchev–Trinajstić information content (AvgIpc) is 3.15. The Balaban J connectivity index is 1.64. The van der Waals surface area contributed by atoms with Gasteiger partial charge in [0.05, 0.1) is 17.4 Å². The van der Waals surface area contributed by atoms with Gasteiger partial charge in [0, 0.05) is 18.6 Å². The third-order valence-electron chi connectivity index (χ3n) is 7.22. The summed E-state index contributed by atoms with van der Waals surface area (Å²) in [6, 6.07) is 7.46. The summed E-state index contributed by atoms with van der Waals surface area (Å²) in [5.74, 6) is -0.0415. The molecule has 2 amide bonds. The van der Waals surface area contributed by atoms with Crippen molar-refractivity contribution in [2.24, 2.45) is 5.92 Å². The number of aromatic nitrogens is 2. The van der Waals surface area contributed by atoms with Crippen LogP contribution >= 0.6 is 0 Å². The molecule has 2 aliphatic heterocycles. The van der Waals surface area contributed by atoms with Gasteiger partial charge in [0.15, 0.2) is 5.03 Å². The van der Waals surface area contributed by atoms with Crippen molar-refractivity contribution in [3.63, 3.8) is 0 Å². The summed E-state index contributed by atoms with van der Waals surface area (Å²) in [6.45, 7) is 12.0. The zero-order valence-corrected chi connectivity index (χ0v) is 23.8. The maximum atomic E-state index is 13.5. The van der Waals surface area contributed by atoms with Crippen LogP contribution in [-0.4, -0.2) is 61.7 Å². The van der Waals surface area contributed by atoms with Crippen molar-refractivity contribution in [2.45, 2.75) is 64.1 Å². The van der Waals surface area contributed by atoms with Gasteiger partial charge >= 0.3 is 6.09 Å². The molecule has 0 saturated carbocycles. The van der Waals surface area contributed by atoms with Crippen LogP contribution in [0.15, 0.2) is 41.4 Å². The van der Waals surface area contributed by atoms with E-state index in [1.54, 1.807) is 26.0 Å². The van der Waals surface area contributed by atoms with Gasteiger partial charge in [-0.2, -0.15) is 8.42 Å². The number of amides is 2. The van der Waals surface area contributed by atoms with Gasteiger partial charge in [-0.3, -0.25) is 10.1 Å². The Morgan fingerprint density at radius 2 is 1.95 bits per heavy atom. The van der Waals surface area contributed by atoms with Gasteiger partial charge in [0.2, 0.25) is 0 Å². The van der Waals surface area contributed by atoms with E-state index < -0.39 is 27.0 Å². The van der Waals surface area contributed by atoms with E-state index in [4.69, 9.17) is 9.72 Å². The third-order valence-corrected chi connectivity index (χ3v) is 8.45. The predicted octanol–water partition coefficient (Wildman–Crippen LogP) is 3.55. The molecule has 1 unspecified atom stereocenters. The quantitative estimate of drug-likeness (QED) is 0.466. The van der Waals surface area contributed by atoms with Crippen LogP contribution in [0.25, 0.3) is 5.57 Å². The first-order valence-electron chi connectivity index (χ1n) is 13.1. The molecule has 2 aliphatic rings. The number of anilines is 2. The summed E-state index contributed by atoms with van der Waals surface area (Å²) in [6.07, 6.45) is 2.81. The summed E-state index contributed by atoms with van der Waals surface area (Å²) in [7, 11) is -4.37. The normalized spacial score (nSPS) is 19.0. The lowest BCUT2D eigenvalue weighted by Gasteiger charge is -2.37. The van der Waals surface area contributed by atoms with Crippen molar-refractivity contribution < 1.29 is 22.7 Å². The van der Waals surface area contributed by atoms with Gasteiger partial charge < -0.3 is 15.0 Å². The van der Waals surface area contributed by atoms with Crippen LogP contribution in [0.2, 0.25) is 0 Å². The second kappa shape index (κ2) is 11.3. The van der Waals surface area contributed by atoms with Gasteiger partial charge in [0.1, 0.15) is 11.6 Å². The lowest BCUT2D eigenvalue weighted by atomic mass is 9.90. The maximum absolute atomic E-state index is 13.5. The maximum Gasteiger partial charge on any atom is 0.413 e. The number of hydrogen-bond acceptors (Lipinski definition) is 9. The van der Waals surface area contributed by atoms with Gasteiger partial charge in [-0.05, 0) is 82.8 Å². The fourth-order valence-corrected chi connectivity index (χ4v) is 5.60. The Kier molecular flexibility index (Phi) is 8.26. The third kappa shape index (κ3) is 6.39. The molecule has 12 heteroatoms. The van der Waals surface area contributed by atoms with Crippen LogP contribution in [0.4, 0.5) is 16.4 Å². The van der Waals surface area contributed by atoms with Gasteiger partial charge in [-0.1, -0.05) is 19.1 Å². The molecule has 2 aromatic rings. The van der Waals surface area contributed by atoms with Crippen LogP contribution in [0.3, 0.4) is 0 Å². The van der Waals surface area contributed by atoms with E-state index in [-0.39, 0.29) is 23.0 Å². The first-order chi connectivity index (χ1) is 18.4. The molecule has 0 aliphatic carbocycles. The molecule has 4 rings (SSSR count). The Morgan fingerprint density at radius 1 is 1.18 bits per heavy atom. The van der Waals surface area contributed by atoms with E-state index in [0.717, 1.165) is 30.7 Å². The van der Waals surface area contributed by atoms with Gasteiger partial charge in [0.25, 0.3) is 15.9 Å². The number of carbonyl (C=O) groups excluding carboxylic acids is 2. The monoisotopic (exact) mass is 556 g/mol. The highest BCUT2D eigenvalue weighted by Gasteiger charge is 2.41. The molecule has 2 aromatic heterocycles. The lowest BCUT2D eigenvalue weighted by molar-refractivity contribution is 0.0981. The molecule has 1 saturated heterocycles. The molecule has 0 bridgehead atoms. The molecule has 0 radical (unpaired) electrons. The highest BCUT2D eigenvalue weighted by atomic mass is 32.2. The molecule has 0 spiro atoms. The fourth-order valence-electron chi connectivity index (χ4n) is 4.67. The second-order valence-corrected chi connectivity index (χ2v) is 12.3. The number of pyridine rings is 2. The number of hydrogen-bond donors (Lipinski definition) is 3. The summed E-state index contributed by atoms with van der Waals surface area (Å²) in [5, 5.41) is 5.31. The van der Waals surface area contributed by atoms with Crippen LogP contribution in [-0.2, 0) is 14.8 Å². The van der Waals surface area contributed by atoms with E-state index >= 15 is 0 Å². The molecular weight excluding hydrogens is 520 g/mol. The highest BCUT2D eigenvalue weighted by Crippen LogP contribution is 2.39. The van der Waals surface area contributed by atoms with Crippen molar-refractivity contribution in [1.82, 2.24) is 20.0 Å². The summed E-state index contributed by atoms with van der Waals surface area (Å²) in [4.78, 5) is 36.4. The first-order valence-corrected chi connectivity index (χ1v) is 14.6. The first kappa shape index (κ1) is 28.5. The lowest BCUT2D eigenvalue weighted by Crippen LogP contribution is -2.44. The second-order valence-electron chi connectivity index (χ2n) is 10.6. The average molecular weight is 557 g/mol. The Morgan fingerprint density at radius 3 is 2.59 bits per heavy atom. The molecule has 11 nitrogen and oxygen atoms in total. The predicted molar refractivity (Wildman–Crippen MR) is 149 cm³/mol. The summed E-state index contributed by atoms with van der Waals surface area (Å²) in [5.41, 5.74) is 1.66. The standard InChI is InChI=1S/C27H36N6O5S/c1-17(2)38-26(35)31-22-9-6-10-23(30-22)39(36,37)32-25(34)20-11-12-21(19-8-7-14-28-16-19)29-24(20)33-15-13-18(3)27(33,4)5/h6,8-12,17-18,28H,7,13-16H2,1-5H3,(H,32,34)(H,30,31,35). The molecule has 1 fully saturated rings. The summed E-state index contributed by atoms with van der Waals surface area (Å²) >= 11 is 0. The Labute approximate surface area is 229 Å². The molecule has 3 N–H and O–H groups in total. The molecule has 0 aromatic carbocycles. The van der Waals surface area contributed by atoms with Crippen LogP contribution in [0, 0.1) is 5.92 Å². The number of nitrogens with zero attached hydrogens (tertiary/aromatic N) is 3. The number of ether oxygens (including phenoxy) is 1. The molecule has 1 atom stereocenters. The molecule has 39 heavy (non-hydrogen) atoms. The van der Waals surface area contributed by atoms with E-state index in [1.165, 1.54) is 18.2 Å². The van der Waals surface area contributed by atoms with E-state index in [1.807, 2.05) is 0 Å². The minimum absolute atomic E-state index is 0.0233. The highest BCUT2D eigenvalue weighted by molar-refractivity contribution is 7.90. The van der Waals surface area contributed by atoms with Crippen LogP contribution < -0.4 is 20.3 Å². The summed E-state index contributed by atoms with van der Waals surface area (Å²) < 4.78 is 33.5. The zero-order valence-electron chi connectivity index (χ0n) is 22.9. The largest absolute Gasteiger partial charge is 0.447 e. The minimum atomic E-state index is -4.37. The zero-order chi connectivity index (χ0) is 28.4. The minimum Gasteiger partial charge on any atom is -0.447 e. The Hall–Kier alpha value is -3.51. The van der Waals surface area contributed by atoms with Crippen molar-refractivity contribution in [1.29, 1.82) is 0 Å². The molecule has 4 heterocycles. The van der Waals surface area contributed by atoms with Gasteiger partial charge in [-0.15, -0.1) is 0 Å². The van der Waals surface area contributed by atoms with Crippen molar-refractivity contribution in [2.75, 3.05) is 29.9 Å². The van der Waals surface area contributed by atoms with Crippen molar-refractivity contribution in [3.8, 4) is 0 Å². The smallest absolute Gasteiger partial charge is 0.413 e. The number of rotatable bonds is 7. The van der Waals surface area contributed by atoms with E-state index in [9.17, 15) is 18.0 Å². The SMILES string of the molecule is CC(C)OC(=O)Nc1cccc(S(=O)(=O)NC(=O)c2ccc(C3=CCCNC3)nc2N2CCC(C)C2(C)C)n1.